The second-order valence-corrected chi connectivity index (χ2v) is 10.5. The summed E-state index contributed by atoms with van der Waals surface area (Å²) in [7, 11) is 10.2. The van der Waals surface area contributed by atoms with Gasteiger partial charge in [-0.05, 0) is 68.3 Å². The maximum Gasteiger partial charge on any atom is 0.373 e. The molecule has 0 aromatic carbocycles. The second-order valence-electron chi connectivity index (χ2n) is 10.5. The number of hydrogen-bond donors (Lipinski definition) is 0. The van der Waals surface area contributed by atoms with Crippen LogP contribution < -0.4 is 0 Å². The van der Waals surface area contributed by atoms with E-state index in [0.29, 0.717) is 32.2 Å². The Bertz CT molecular complexity index is 1500. The fourth-order valence-corrected chi connectivity index (χ4v) is 4.28. The highest BCUT2D eigenvalue weighted by molar-refractivity contribution is 5.90. The standard InChI is InChI=1S/C11H16O3.C8H8O5.C8H10O4.C8H12O3.CH4/c1-11(6-3-7-13-11)10-5-4-9(14-10)8-12-2;1-11-7(9)5-3-4-6(13-5)8(10)12-2;1-10-5-6-3-4-7(12-6)8(9)11-2;1-9-5-7-3-4-8(11-7)6-10-2;/h4-5H,3,6-8H2,1-2H3;3-4H,1-2H3;3-4H,5H2,1-2H3;3-4H,5-6H2,1-2H3;1H4. The van der Waals surface area contributed by atoms with Crippen LogP contribution in [-0.2, 0) is 69.9 Å². The van der Waals surface area contributed by atoms with Crippen LogP contribution in [0, 0.1) is 0 Å². The topological polar surface area (TPSA) is 178 Å². The molecule has 0 amide bonds. The quantitative estimate of drug-likeness (QED) is 0.111. The van der Waals surface area contributed by atoms with E-state index in [1.54, 1.807) is 40.6 Å². The number of esters is 3. The van der Waals surface area contributed by atoms with Crippen molar-refractivity contribution in [2.24, 2.45) is 0 Å². The fraction of sp³-hybridized carbons (Fsp3) is 0.472. The molecule has 284 valence electrons. The normalized spacial score (nSPS) is 14.4. The van der Waals surface area contributed by atoms with Crippen molar-refractivity contribution in [3.8, 4) is 0 Å². The van der Waals surface area contributed by atoms with Crippen molar-refractivity contribution in [3.05, 3.63) is 94.6 Å². The van der Waals surface area contributed by atoms with Gasteiger partial charge < -0.3 is 55.6 Å². The maximum atomic E-state index is 10.9. The average Bonchev–Trinajstić information content (AvgIpc) is 3.97. The molecule has 1 atom stereocenters. The van der Waals surface area contributed by atoms with Crippen molar-refractivity contribution < 1.29 is 69.9 Å². The molecule has 15 heteroatoms. The molecule has 0 aliphatic carbocycles. The SMILES string of the molecule is C.COC(=O)c1ccc(C(=O)OC)o1.COCc1ccc(C(=O)OC)o1.COCc1ccc(C2(C)CCCO2)o1.COCc1ccc(COC)o1. The molecular weight excluding hydrogens is 672 g/mol. The van der Waals surface area contributed by atoms with Crippen molar-refractivity contribution in [1.82, 2.24) is 0 Å². The molecule has 1 aliphatic heterocycles. The van der Waals surface area contributed by atoms with E-state index in [1.807, 2.05) is 24.3 Å². The number of carbonyl (C=O) groups is 3. The van der Waals surface area contributed by atoms with Crippen LogP contribution >= 0.6 is 0 Å². The largest absolute Gasteiger partial charge is 0.463 e. The first kappa shape index (κ1) is 44.4. The number of ether oxygens (including phenoxy) is 8. The Labute approximate surface area is 297 Å². The molecule has 1 unspecified atom stereocenters. The van der Waals surface area contributed by atoms with E-state index in [1.165, 1.54) is 33.5 Å². The Morgan fingerprint density at radius 2 is 0.922 bits per heavy atom. The number of hydrogen-bond acceptors (Lipinski definition) is 15. The van der Waals surface area contributed by atoms with Crippen molar-refractivity contribution in [3.63, 3.8) is 0 Å². The lowest BCUT2D eigenvalue weighted by atomic mass is 10.0. The predicted octanol–water partition coefficient (Wildman–Crippen LogP) is 6.73. The average molecular weight is 723 g/mol. The van der Waals surface area contributed by atoms with E-state index in [2.05, 4.69) is 21.1 Å². The van der Waals surface area contributed by atoms with Crippen LogP contribution in [0.25, 0.3) is 0 Å². The highest BCUT2D eigenvalue weighted by Crippen LogP contribution is 2.36. The molecule has 1 fully saturated rings. The van der Waals surface area contributed by atoms with Crippen molar-refractivity contribution >= 4 is 17.9 Å². The third-order valence-corrected chi connectivity index (χ3v) is 6.69. The van der Waals surface area contributed by atoms with Gasteiger partial charge in [0.1, 0.15) is 60.8 Å². The molecule has 4 aromatic heterocycles. The molecule has 0 bridgehead atoms. The van der Waals surface area contributed by atoms with Gasteiger partial charge in [0.25, 0.3) is 0 Å². The summed E-state index contributed by atoms with van der Waals surface area (Å²) in [5, 5.41) is 0. The van der Waals surface area contributed by atoms with Gasteiger partial charge in [-0.3, -0.25) is 0 Å². The molecule has 15 nitrogen and oxygen atoms in total. The van der Waals surface area contributed by atoms with Gasteiger partial charge in [0.15, 0.2) is 0 Å². The van der Waals surface area contributed by atoms with Crippen LogP contribution in [0.3, 0.4) is 0 Å². The van der Waals surface area contributed by atoms with Crippen LogP contribution in [0.5, 0.6) is 0 Å². The monoisotopic (exact) mass is 722 g/mol. The predicted molar refractivity (Wildman–Crippen MR) is 181 cm³/mol. The van der Waals surface area contributed by atoms with Crippen LogP contribution in [0.2, 0.25) is 0 Å². The van der Waals surface area contributed by atoms with E-state index in [4.69, 9.17) is 41.4 Å². The Hall–Kier alpha value is -4.67. The zero-order valence-corrected chi connectivity index (χ0v) is 29.7. The molecule has 1 saturated heterocycles. The van der Waals surface area contributed by atoms with Crippen LogP contribution in [0.4, 0.5) is 0 Å². The number of rotatable bonds is 12. The van der Waals surface area contributed by atoms with Gasteiger partial charge in [-0.15, -0.1) is 0 Å². The van der Waals surface area contributed by atoms with Crippen molar-refractivity contribution in [2.75, 3.05) is 56.4 Å². The van der Waals surface area contributed by atoms with Crippen molar-refractivity contribution in [1.29, 1.82) is 0 Å². The van der Waals surface area contributed by atoms with E-state index < -0.39 is 17.9 Å². The second kappa shape index (κ2) is 23.7. The lowest BCUT2D eigenvalue weighted by molar-refractivity contribution is -0.00294. The summed E-state index contributed by atoms with van der Waals surface area (Å²) < 4.78 is 59.4. The highest BCUT2D eigenvalue weighted by Gasteiger charge is 2.34. The van der Waals surface area contributed by atoms with Gasteiger partial charge in [-0.2, -0.15) is 0 Å². The number of carbonyl (C=O) groups excluding carboxylic acids is 3. The Morgan fingerprint density at radius 1 is 0.549 bits per heavy atom. The van der Waals surface area contributed by atoms with E-state index in [-0.39, 0.29) is 30.3 Å². The minimum Gasteiger partial charge on any atom is -0.463 e. The lowest BCUT2D eigenvalue weighted by Gasteiger charge is -2.19. The van der Waals surface area contributed by atoms with Gasteiger partial charge in [-0.25, -0.2) is 14.4 Å². The molecule has 1 aliphatic rings. The first-order valence-electron chi connectivity index (χ1n) is 15.3. The zero-order valence-electron chi connectivity index (χ0n) is 29.7. The molecule has 51 heavy (non-hydrogen) atoms. The van der Waals surface area contributed by atoms with Gasteiger partial charge in [-0.1, -0.05) is 7.43 Å². The molecular formula is C36H50O15. The summed E-state index contributed by atoms with van der Waals surface area (Å²) in [6, 6.07) is 13.6. The summed E-state index contributed by atoms with van der Waals surface area (Å²) in [6.07, 6.45) is 2.14. The van der Waals surface area contributed by atoms with Gasteiger partial charge in [0.05, 0.1) is 21.3 Å². The third-order valence-electron chi connectivity index (χ3n) is 6.69. The molecule has 5 rings (SSSR count). The van der Waals surface area contributed by atoms with Gasteiger partial charge >= 0.3 is 17.9 Å². The highest BCUT2D eigenvalue weighted by atomic mass is 16.6. The lowest BCUT2D eigenvalue weighted by Crippen LogP contribution is -2.18. The van der Waals surface area contributed by atoms with Gasteiger partial charge in [0, 0.05) is 35.0 Å². The smallest absolute Gasteiger partial charge is 0.373 e. The van der Waals surface area contributed by atoms with Crippen LogP contribution in [-0.4, -0.2) is 74.3 Å². The number of methoxy groups -OCH3 is 7. The first-order chi connectivity index (χ1) is 24.1. The maximum absolute atomic E-state index is 10.9. The third kappa shape index (κ3) is 14.6. The Morgan fingerprint density at radius 3 is 1.33 bits per heavy atom. The van der Waals surface area contributed by atoms with Crippen molar-refractivity contribution in [2.45, 2.75) is 59.2 Å². The molecule has 0 saturated carbocycles. The minimum atomic E-state index is -0.629. The van der Waals surface area contributed by atoms with E-state index >= 15 is 0 Å². The molecule has 0 radical (unpaired) electrons. The summed E-state index contributed by atoms with van der Waals surface area (Å²) in [6.45, 7) is 4.83. The molecule has 0 spiro atoms. The summed E-state index contributed by atoms with van der Waals surface area (Å²) in [4.78, 5) is 32.6. The summed E-state index contributed by atoms with van der Waals surface area (Å²) in [5.41, 5.74) is -0.216. The molecule has 5 heterocycles. The minimum absolute atomic E-state index is 0. The van der Waals surface area contributed by atoms with E-state index in [9.17, 15) is 14.4 Å². The van der Waals surface area contributed by atoms with Crippen LogP contribution in [0.1, 0.15) is 87.7 Å². The molecule has 0 N–H and O–H groups in total. The number of furan rings is 4. The van der Waals surface area contributed by atoms with Crippen LogP contribution in [0.15, 0.2) is 66.2 Å². The Balaban J connectivity index is 0.000000339. The molecule has 4 aromatic rings. The van der Waals surface area contributed by atoms with E-state index in [0.717, 1.165) is 42.5 Å². The summed E-state index contributed by atoms with van der Waals surface area (Å²) in [5.74, 6) is 2.47. The fourth-order valence-electron chi connectivity index (χ4n) is 4.28. The van der Waals surface area contributed by atoms with Gasteiger partial charge in [0.2, 0.25) is 17.3 Å². The Kier molecular flexibility index (Phi) is 20.6. The first-order valence-corrected chi connectivity index (χ1v) is 15.3. The summed E-state index contributed by atoms with van der Waals surface area (Å²) >= 11 is 0. The zero-order chi connectivity index (χ0) is 36.9.